The minimum absolute atomic E-state index is 0. The first-order valence-corrected chi connectivity index (χ1v) is 10.6. The van der Waals surface area contributed by atoms with E-state index in [-0.39, 0.29) is 17.0 Å². The van der Waals surface area contributed by atoms with Crippen LogP contribution < -0.4 is 17.0 Å². The maximum atomic E-state index is 6.09. The Morgan fingerprint density at radius 2 is 1.08 bits per heavy atom. The molecule has 0 aliphatic rings. The average molecular weight is 433 g/mol. The van der Waals surface area contributed by atoms with Crippen LogP contribution in [0.15, 0.2) is 24.3 Å². The van der Waals surface area contributed by atoms with Crippen molar-refractivity contribution in [1.82, 2.24) is 0 Å². The van der Waals surface area contributed by atoms with Gasteiger partial charge in [0, 0.05) is 10.6 Å². The van der Waals surface area contributed by atoms with E-state index in [2.05, 4.69) is 45.0 Å². The molecule has 0 atom stereocenters. The molecule has 0 spiro atoms. The monoisotopic (exact) mass is 431 g/mol. The summed E-state index contributed by atoms with van der Waals surface area (Å²) in [6.45, 7) is 12.1. The van der Waals surface area contributed by atoms with Crippen molar-refractivity contribution in [2.75, 3.05) is 19.6 Å². The zero-order valence-electron chi connectivity index (χ0n) is 16.7. The summed E-state index contributed by atoms with van der Waals surface area (Å²) in [5.74, 6) is 0. The molecule has 0 N–H and O–H groups in total. The number of rotatable bonds is 14. The van der Waals surface area contributed by atoms with Gasteiger partial charge in [-0.2, -0.15) is 0 Å². The summed E-state index contributed by atoms with van der Waals surface area (Å²) in [7, 11) is 0. The molecule has 1 rings (SSSR count). The normalized spacial score (nSPS) is 11.4. The van der Waals surface area contributed by atoms with Crippen molar-refractivity contribution in [2.24, 2.45) is 0 Å². The van der Waals surface area contributed by atoms with Gasteiger partial charge in [0.25, 0.3) is 0 Å². The lowest BCUT2D eigenvalue weighted by atomic mass is 10.1. The quantitative estimate of drug-likeness (QED) is 0.305. The van der Waals surface area contributed by atoms with Crippen LogP contribution in [0.3, 0.4) is 0 Å². The molecular formula is C22H39BrClN. The number of nitrogens with zero attached hydrogens (tertiary/aromatic N) is 1. The fourth-order valence-electron chi connectivity index (χ4n) is 3.64. The lowest BCUT2D eigenvalue weighted by molar-refractivity contribution is -0.941. The van der Waals surface area contributed by atoms with Gasteiger partial charge in [0.2, 0.25) is 0 Å². The summed E-state index contributed by atoms with van der Waals surface area (Å²) in [6.07, 6.45) is 12.1. The molecule has 0 aliphatic carbocycles. The van der Waals surface area contributed by atoms with Gasteiger partial charge in [-0.3, -0.25) is 0 Å². The zero-order chi connectivity index (χ0) is 17.7. The molecule has 0 heterocycles. The van der Waals surface area contributed by atoms with E-state index in [1.807, 2.05) is 0 Å². The molecule has 0 fully saturated rings. The van der Waals surface area contributed by atoms with E-state index in [1.54, 1.807) is 0 Å². The molecule has 0 unspecified atom stereocenters. The molecule has 3 heteroatoms. The van der Waals surface area contributed by atoms with Crippen molar-refractivity contribution in [3.05, 3.63) is 34.9 Å². The molecule has 0 radical (unpaired) electrons. The number of benzene rings is 1. The van der Waals surface area contributed by atoms with Crippen LogP contribution in [0, 0.1) is 0 Å². The Kier molecular flexibility index (Phi) is 15.0. The Morgan fingerprint density at radius 1 is 0.680 bits per heavy atom. The molecule has 0 aromatic heterocycles. The van der Waals surface area contributed by atoms with Crippen molar-refractivity contribution in [2.45, 2.75) is 85.1 Å². The first-order chi connectivity index (χ1) is 11.7. The van der Waals surface area contributed by atoms with Gasteiger partial charge in [0.15, 0.2) is 0 Å². The van der Waals surface area contributed by atoms with Crippen LogP contribution in [0.1, 0.15) is 84.1 Å². The van der Waals surface area contributed by atoms with Crippen LogP contribution in [-0.2, 0) is 6.54 Å². The minimum atomic E-state index is 0. The predicted octanol–water partition coefficient (Wildman–Crippen LogP) is 4.23. The van der Waals surface area contributed by atoms with Crippen LogP contribution in [0.4, 0.5) is 0 Å². The van der Waals surface area contributed by atoms with Gasteiger partial charge < -0.3 is 21.5 Å². The Labute approximate surface area is 172 Å². The van der Waals surface area contributed by atoms with E-state index in [1.165, 1.54) is 94.0 Å². The highest BCUT2D eigenvalue weighted by atomic mass is 79.9. The van der Waals surface area contributed by atoms with Crippen molar-refractivity contribution in [1.29, 1.82) is 0 Å². The van der Waals surface area contributed by atoms with Gasteiger partial charge in [-0.05, 0) is 50.7 Å². The molecule has 0 saturated carbocycles. The summed E-state index contributed by atoms with van der Waals surface area (Å²) in [5.41, 5.74) is 1.45. The fourth-order valence-corrected chi connectivity index (χ4v) is 3.77. The van der Waals surface area contributed by atoms with E-state index in [0.29, 0.717) is 0 Å². The highest BCUT2D eigenvalue weighted by Gasteiger charge is 2.26. The molecule has 0 aliphatic heterocycles. The minimum Gasteiger partial charge on any atom is -1.00 e. The third-order valence-corrected chi connectivity index (χ3v) is 5.39. The smallest absolute Gasteiger partial charge is 0.104 e. The largest absolute Gasteiger partial charge is 1.00 e. The van der Waals surface area contributed by atoms with Crippen molar-refractivity contribution < 1.29 is 21.5 Å². The molecule has 146 valence electrons. The maximum Gasteiger partial charge on any atom is 0.104 e. The number of unbranched alkanes of at least 4 members (excludes halogenated alkanes) is 6. The third kappa shape index (κ3) is 10.6. The van der Waals surface area contributed by atoms with Gasteiger partial charge >= 0.3 is 0 Å². The van der Waals surface area contributed by atoms with Gasteiger partial charge in [-0.1, -0.05) is 63.8 Å². The first-order valence-electron chi connectivity index (χ1n) is 10.3. The highest BCUT2D eigenvalue weighted by Crippen LogP contribution is 2.22. The first kappa shape index (κ1) is 24.9. The topological polar surface area (TPSA) is 0 Å². The maximum absolute atomic E-state index is 6.09. The lowest BCUT2D eigenvalue weighted by Gasteiger charge is -2.39. The molecule has 0 saturated heterocycles. The number of hydrogen-bond donors (Lipinski definition) is 0. The molecule has 0 amide bonds. The second-order valence-electron chi connectivity index (χ2n) is 7.42. The number of halogens is 2. The van der Waals surface area contributed by atoms with Crippen LogP contribution >= 0.6 is 11.6 Å². The van der Waals surface area contributed by atoms with Crippen LogP contribution in [0.2, 0.25) is 5.02 Å². The summed E-state index contributed by atoms with van der Waals surface area (Å²) in [6, 6.07) is 8.56. The van der Waals surface area contributed by atoms with Crippen molar-refractivity contribution >= 4 is 11.6 Å². The van der Waals surface area contributed by atoms with Crippen LogP contribution in [-0.4, -0.2) is 24.1 Å². The Balaban J connectivity index is 0.00000576. The standard InChI is InChI=1S/C22H39ClN.BrH/c1-4-7-10-17-24(18-11-8-5-2,19-12-9-6-3)20-21-13-15-22(23)16-14-21;/h13-16H,4-12,17-20H2,1-3H3;1H/q+1;/p-1. The molecular weight excluding hydrogens is 394 g/mol. The van der Waals surface area contributed by atoms with Gasteiger partial charge in [0.1, 0.15) is 6.54 Å². The predicted molar refractivity (Wildman–Crippen MR) is 109 cm³/mol. The van der Waals surface area contributed by atoms with E-state index >= 15 is 0 Å². The summed E-state index contributed by atoms with van der Waals surface area (Å²) >= 11 is 6.09. The average Bonchev–Trinajstić information content (AvgIpc) is 2.58. The second kappa shape index (κ2) is 15.1. The van der Waals surface area contributed by atoms with Crippen molar-refractivity contribution in [3.63, 3.8) is 0 Å². The SMILES string of the molecule is CCCCC[N+](CCCCC)(CCCCC)Cc1ccc(Cl)cc1.[Br-]. The van der Waals surface area contributed by atoms with E-state index < -0.39 is 0 Å². The van der Waals surface area contributed by atoms with Crippen LogP contribution in [0.5, 0.6) is 0 Å². The van der Waals surface area contributed by atoms with Crippen LogP contribution in [0.25, 0.3) is 0 Å². The van der Waals surface area contributed by atoms with E-state index in [9.17, 15) is 0 Å². The second-order valence-corrected chi connectivity index (χ2v) is 7.85. The number of quaternary nitrogens is 1. The lowest BCUT2D eigenvalue weighted by Crippen LogP contribution is -3.00. The molecule has 25 heavy (non-hydrogen) atoms. The molecule has 0 bridgehead atoms. The molecule has 1 aromatic rings. The van der Waals surface area contributed by atoms with Gasteiger partial charge in [-0.25, -0.2) is 0 Å². The highest BCUT2D eigenvalue weighted by molar-refractivity contribution is 6.30. The van der Waals surface area contributed by atoms with Crippen molar-refractivity contribution in [3.8, 4) is 0 Å². The van der Waals surface area contributed by atoms with Gasteiger partial charge in [-0.15, -0.1) is 0 Å². The van der Waals surface area contributed by atoms with E-state index in [0.717, 1.165) is 5.02 Å². The fraction of sp³-hybridized carbons (Fsp3) is 0.727. The zero-order valence-corrected chi connectivity index (χ0v) is 19.0. The molecule has 1 nitrogen and oxygen atoms in total. The van der Waals surface area contributed by atoms with Gasteiger partial charge in [0.05, 0.1) is 19.6 Å². The summed E-state index contributed by atoms with van der Waals surface area (Å²) < 4.78 is 1.28. The molecule has 1 aromatic carbocycles. The Hall–Kier alpha value is -0.0500. The number of hydrogen-bond acceptors (Lipinski definition) is 0. The van der Waals surface area contributed by atoms with E-state index in [4.69, 9.17) is 11.6 Å². The summed E-state index contributed by atoms with van der Waals surface area (Å²) in [5, 5.41) is 0.847. The Bertz CT molecular complexity index is 392. The third-order valence-electron chi connectivity index (χ3n) is 5.14. The Morgan fingerprint density at radius 3 is 1.44 bits per heavy atom. The summed E-state index contributed by atoms with van der Waals surface area (Å²) in [4.78, 5) is 0.